The predicted molar refractivity (Wildman–Crippen MR) is 75.3 cm³/mol. The van der Waals surface area contributed by atoms with Crippen molar-refractivity contribution in [3.05, 3.63) is 45.7 Å². The Kier molecular flexibility index (Phi) is 3.48. The zero-order valence-electron chi connectivity index (χ0n) is 11.0. The van der Waals surface area contributed by atoms with Crippen molar-refractivity contribution in [2.45, 2.75) is 20.8 Å². The maximum absolute atomic E-state index is 8.71. The van der Waals surface area contributed by atoms with Crippen LogP contribution in [-0.4, -0.2) is 20.8 Å². The molecule has 1 aromatic carbocycles. The zero-order valence-corrected chi connectivity index (χ0v) is 11.7. The average molecular weight is 279 g/mol. The number of hydrogen-bond acceptors (Lipinski definition) is 3. The summed E-state index contributed by atoms with van der Waals surface area (Å²) in [7, 11) is 0. The molecule has 19 heavy (non-hydrogen) atoms. The van der Waals surface area contributed by atoms with Crippen LogP contribution in [0.25, 0.3) is 5.69 Å². The fourth-order valence-corrected chi connectivity index (χ4v) is 2.11. The highest BCUT2D eigenvalue weighted by molar-refractivity contribution is 6.31. The SMILES string of the molecule is Cc1cc(-n2nc(C)c(Cl)c2C)ccc1/C(N)=N/O. The van der Waals surface area contributed by atoms with Gasteiger partial charge in [0.25, 0.3) is 0 Å². The second-order valence-electron chi connectivity index (χ2n) is 4.38. The molecule has 3 N–H and O–H groups in total. The normalized spacial score (nSPS) is 11.9. The van der Waals surface area contributed by atoms with Crippen molar-refractivity contribution in [3.8, 4) is 5.69 Å². The van der Waals surface area contributed by atoms with Crippen LogP contribution >= 0.6 is 11.6 Å². The van der Waals surface area contributed by atoms with Gasteiger partial charge in [0.2, 0.25) is 0 Å². The lowest BCUT2D eigenvalue weighted by atomic mass is 10.1. The first-order valence-corrected chi connectivity index (χ1v) is 6.14. The molecule has 6 heteroatoms. The van der Waals surface area contributed by atoms with E-state index in [1.54, 1.807) is 10.7 Å². The van der Waals surface area contributed by atoms with Crippen molar-refractivity contribution in [2.75, 3.05) is 0 Å². The molecule has 2 aromatic rings. The van der Waals surface area contributed by atoms with Crippen LogP contribution in [-0.2, 0) is 0 Å². The summed E-state index contributed by atoms with van der Waals surface area (Å²) < 4.78 is 1.78. The van der Waals surface area contributed by atoms with Crippen LogP contribution in [0, 0.1) is 20.8 Å². The Balaban J connectivity index is 2.53. The van der Waals surface area contributed by atoms with Crippen molar-refractivity contribution >= 4 is 17.4 Å². The third-order valence-corrected chi connectivity index (χ3v) is 3.59. The number of halogens is 1. The van der Waals surface area contributed by atoms with Crippen molar-refractivity contribution in [1.82, 2.24) is 9.78 Å². The highest BCUT2D eigenvalue weighted by Crippen LogP contribution is 2.23. The summed E-state index contributed by atoms with van der Waals surface area (Å²) in [5.41, 5.74) is 9.75. The lowest BCUT2D eigenvalue weighted by Crippen LogP contribution is -2.15. The lowest BCUT2D eigenvalue weighted by molar-refractivity contribution is 0.318. The van der Waals surface area contributed by atoms with E-state index in [-0.39, 0.29) is 5.84 Å². The Hall–Kier alpha value is -2.01. The fourth-order valence-electron chi connectivity index (χ4n) is 2.00. The number of benzene rings is 1. The Morgan fingerprint density at radius 3 is 2.53 bits per heavy atom. The van der Waals surface area contributed by atoms with Gasteiger partial charge in [-0.05, 0) is 44.5 Å². The highest BCUT2D eigenvalue weighted by Gasteiger charge is 2.12. The summed E-state index contributed by atoms with van der Waals surface area (Å²) in [6.45, 7) is 5.67. The third kappa shape index (κ3) is 2.29. The molecule has 5 nitrogen and oxygen atoms in total. The van der Waals surface area contributed by atoms with E-state index in [1.165, 1.54) is 0 Å². The van der Waals surface area contributed by atoms with E-state index in [0.29, 0.717) is 10.6 Å². The molecule has 0 spiro atoms. The first-order valence-electron chi connectivity index (χ1n) is 5.76. The molecule has 0 unspecified atom stereocenters. The van der Waals surface area contributed by atoms with Gasteiger partial charge < -0.3 is 10.9 Å². The molecule has 0 aliphatic heterocycles. The third-order valence-electron chi connectivity index (χ3n) is 3.04. The van der Waals surface area contributed by atoms with E-state index >= 15 is 0 Å². The summed E-state index contributed by atoms with van der Waals surface area (Å²) in [6, 6.07) is 5.57. The number of nitrogens with two attached hydrogens (primary N) is 1. The van der Waals surface area contributed by atoms with Crippen LogP contribution in [0.4, 0.5) is 0 Å². The Morgan fingerprint density at radius 2 is 2.05 bits per heavy atom. The number of rotatable bonds is 2. The van der Waals surface area contributed by atoms with Crippen molar-refractivity contribution in [2.24, 2.45) is 10.9 Å². The second-order valence-corrected chi connectivity index (χ2v) is 4.76. The minimum atomic E-state index is 0.0930. The summed E-state index contributed by atoms with van der Waals surface area (Å²) in [5, 5.41) is 16.8. The molecule has 100 valence electrons. The Morgan fingerprint density at radius 1 is 1.37 bits per heavy atom. The van der Waals surface area contributed by atoms with Gasteiger partial charge >= 0.3 is 0 Å². The zero-order chi connectivity index (χ0) is 14.2. The summed E-state index contributed by atoms with van der Waals surface area (Å²) >= 11 is 6.14. The van der Waals surface area contributed by atoms with Gasteiger partial charge in [-0.15, -0.1) is 0 Å². The van der Waals surface area contributed by atoms with E-state index in [1.807, 2.05) is 32.9 Å². The molecule has 0 saturated heterocycles. The second kappa shape index (κ2) is 4.93. The van der Waals surface area contributed by atoms with Crippen LogP contribution in [0.1, 0.15) is 22.5 Å². The standard InChI is InChI=1S/C13H15ClN4O/c1-7-6-10(4-5-11(7)13(15)17-19)18-9(3)12(14)8(2)16-18/h4-6,19H,1-3H3,(H2,15,17). The van der Waals surface area contributed by atoms with E-state index < -0.39 is 0 Å². The van der Waals surface area contributed by atoms with Gasteiger partial charge in [-0.25, -0.2) is 4.68 Å². The van der Waals surface area contributed by atoms with Gasteiger partial charge in [-0.2, -0.15) is 5.10 Å². The summed E-state index contributed by atoms with van der Waals surface area (Å²) in [4.78, 5) is 0. The molecule has 0 fully saturated rings. The Bertz CT molecular complexity index is 661. The van der Waals surface area contributed by atoms with Gasteiger partial charge in [0, 0.05) is 5.56 Å². The molecule has 2 rings (SSSR count). The first kappa shape index (κ1) is 13.4. The quantitative estimate of drug-likeness (QED) is 0.384. The maximum atomic E-state index is 8.71. The van der Waals surface area contributed by atoms with Crippen LogP contribution in [0.15, 0.2) is 23.4 Å². The molecule has 1 heterocycles. The van der Waals surface area contributed by atoms with E-state index in [0.717, 1.165) is 22.6 Å². The number of nitrogens with zero attached hydrogens (tertiary/aromatic N) is 3. The molecular weight excluding hydrogens is 264 g/mol. The van der Waals surface area contributed by atoms with E-state index in [4.69, 9.17) is 22.5 Å². The number of aryl methyl sites for hydroxylation is 2. The highest BCUT2D eigenvalue weighted by atomic mass is 35.5. The van der Waals surface area contributed by atoms with Crippen LogP contribution in [0.5, 0.6) is 0 Å². The lowest BCUT2D eigenvalue weighted by Gasteiger charge is -2.09. The smallest absolute Gasteiger partial charge is 0.170 e. The van der Waals surface area contributed by atoms with Gasteiger partial charge in [0.1, 0.15) is 0 Å². The first-order chi connectivity index (χ1) is 8.95. The van der Waals surface area contributed by atoms with Gasteiger partial charge in [0.15, 0.2) is 5.84 Å². The number of aromatic nitrogens is 2. The predicted octanol–water partition coefficient (Wildman–Crippen LogP) is 2.55. The van der Waals surface area contributed by atoms with Crippen LogP contribution in [0.2, 0.25) is 5.02 Å². The van der Waals surface area contributed by atoms with Crippen molar-refractivity contribution < 1.29 is 5.21 Å². The number of hydrogen-bond donors (Lipinski definition) is 2. The number of oxime groups is 1. The molecule has 0 aliphatic carbocycles. The average Bonchev–Trinajstić information content (AvgIpc) is 2.65. The summed E-state index contributed by atoms with van der Waals surface area (Å²) in [6.07, 6.45) is 0. The fraction of sp³-hybridized carbons (Fsp3) is 0.231. The molecule has 1 aromatic heterocycles. The molecule has 0 radical (unpaired) electrons. The molecule has 0 amide bonds. The van der Waals surface area contributed by atoms with Crippen molar-refractivity contribution in [1.29, 1.82) is 0 Å². The van der Waals surface area contributed by atoms with Gasteiger partial charge in [-0.3, -0.25) is 0 Å². The maximum Gasteiger partial charge on any atom is 0.170 e. The molecule has 0 saturated carbocycles. The van der Waals surface area contributed by atoms with Gasteiger partial charge in [-0.1, -0.05) is 16.8 Å². The molecular formula is C13H15ClN4O. The molecule has 0 atom stereocenters. The van der Waals surface area contributed by atoms with Crippen molar-refractivity contribution in [3.63, 3.8) is 0 Å². The summed E-state index contributed by atoms with van der Waals surface area (Å²) in [5.74, 6) is 0.0930. The molecule has 0 aliphatic rings. The topological polar surface area (TPSA) is 76.4 Å². The van der Waals surface area contributed by atoms with Crippen LogP contribution < -0.4 is 5.73 Å². The van der Waals surface area contributed by atoms with E-state index in [2.05, 4.69) is 10.3 Å². The Labute approximate surface area is 116 Å². The number of amidine groups is 1. The monoisotopic (exact) mass is 278 g/mol. The largest absolute Gasteiger partial charge is 0.409 e. The van der Waals surface area contributed by atoms with Gasteiger partial charge in [0.05, 0.1) is 22.1 Å². The van der Waals surface area contributed by atoms with Crippen LogP contribution in [0.3, 0.4) is 0 Å². The molecule has 0 bridgehead atoms. The minimum absolute atomic E-state index is 0.0930. The minimum Gasteiger partial charge on any atom is -0.409 e. The van der Waals surface area contributed by atoms with E-state index in [9.17, 15) is 0 Å².